The van der Waals surface area contributed by atoms with Crippen LogP contribution in [0.1, 0.15) is 82.3 Å². The minimum absolute atomic E-state index is 0.250. The van der Waals surface area contributed by atoms with E-state index in [9.17, 15) is 15.0 Å². The molecule has 0 atom stereocenters. The molecule has 1 saturated carbocycles. The van der Waals surface area contributed by atoms with Gasteiger partial charge in [0.15, 0.2) is 0 Å². The summed E-state index contributed by atoms with van der Waals surface area (Å²) in [4.78, 5) is 9.41. The molecule has 0 amide bonds. The van der Waals surface area contributed by atoms with Crippen LogP contribution in [0.25, 0.3) is 0 Å². The average molecular weight is 415 g/mol. The number of aliphatic hydroxyl groups is 2. The number of carbonyl (C=O) groups is 1. The highest BCUT2D eigenvalue weighted by atomic mass is 16.3. The van der Waals surface area contributed by atoms with Gasteiger partial charge in [0.25, 0.3) is 0 Å². The summed E-state index contributed by atoms with van der Waals surface area (Å²) in [5.41, 5.74) is 3.52. The van der Waals surface area contributed by atoms with Gasteiger partial charge in [-0.15, -0.1) is 0 Å². The van der Waals surface area contributed by atoms with Crippen LogP contribution in [0.2, 0.25) is 0 Å². The van der Waals surface area contributed by atoms with Crippen molar-refractivity contribution < 1.29 is 15.0 Å². The van der Waals surface area contributed by atoms with E-state index in [1.54, 1.807) is 6.92 Å². The molecular weight excluding hydrogens is 372 g/mol. The smallest absolute Gasteiger partial charge is 0.145 e. The van der Waals surface area contributed by atoms with Gasteiger partial charge in [0, 0.05) is 13.2 Å². The molecule has 0 heterocycles. The van der Waals surface area contributed by atoms with Gasteiger partial charge >= 0.3 is 0 Å². The van der Waals surface area contributed by atoms with Crippen molar-refractivity contribution in [3.05, 3.63) is 59.7 Å². The van der Waals surface area contributed by atoms with E-state index in [-0.39, 0.29) is 13.2 Å². The van der Waals surface area contributed by atoms with Gasteiger partial charge in [-0.3, -0.25) is 4.79 Å². The molecule has 2 N–H and O–H groups in total. The summed E-state index contributed by atoms with van der Waals surface area (Å²) in [7, 11) is 0. The highest BCUT2D eigenvalue weighted by molar-refractivity contribution is 5.70. The lowest BCUT2D eigenvalue weighted by atomic mass is 9.75. The Morgan fingerprint density at radius 2 is 1.67 bits per heavy atom. The van der Waals surface area contributed by atoms with Crippen LogP contribution in [0.3, 0.4) is 0 Å². The van der Waals surface area contributed by atoms with E-state index in [2.05, 4.69) is 49.9 Å². The Labute approximate surface area is 183 Å². The van der Waals surface area contributed by atoms with Gasteiger partial charge < -0.3 is 10.2 Å². The van der Waals surface area contributed by atoms with Crippen molar-refractivity contribution in [3.63, 3.8) is 0 Å². The number of hydrogen-bond donors (Lipinski definition) is 2. The molecule has 30 heavy (non-hydrogen) atoms. The Balaban J connectivity index is 0.000000804. The second kappa shape index (κ2) is 16.0. The van der Waals surface area contributed by atoms with Crippen LogP contribution in [0.5, 0.6) is 0 Å². The molecule has 1 aliphatic rings. The van der Waals surface area contributed by atoms with Gasteiger partial charge in [-0.05, 0) is 106 Å². The number of benzene rings is 1. The summed E-state index contributed by atoms with van der Waals surface area (Å²) in [6, 6.07) is 9.31. The van der Waals surface area contributed by atoms with E-state index in [1.807, 2.05) is 0 Å². The summed E-state index contributed by atoms with van der Waals surface area (Å²) in [6.07, 6.45) is 15.4. The molecule has 0 aromatic heterocycles. The lowest BCUT2D eigenvalue weighted by Gasteiger charge is -2.31. The fourth-order valence-corrected chi connectivity index (χ4v) is 4.32. The first kappa shape index (κ1) is 26.3. The largest absolute Gasteiger partial charge is 0.396 e. The average Bonchev–Trinajstić information content (AvgIpc) is 2.76. The molecule has 0 unspecified atom stereocenters. The molecule has 1 aromatic carbocycles. The molecule has 0 radical (unpaired) electrons. The number of aliphatic hydroxyl groups excluding tert-OH is 2. The third-order valence-corrected chi connectivity index (χ3v) is 6.08. The summed E-state index contributed by atoms with van der Waals surface area (Å²) in [5, 5.41) is 18.4. The van der Waals surface area contributed by atoms with Crippen molar-refractivity contribution in [3.8, 4) is 0 Å². The summed E-state index contributed by atoms with van der Waals surface area (Å²) < 4.78 is 0. The van der Waals surface area contributed by atoms with Crippen LogP contribution in [0.15, 0.2) is 48.6 Å². The van der Waals surface area contributed by atoms with Crippen LogP contribution in [0, 0.1) is 11.8 Å². The number of aryl methyl sites for hydroxylation is 1. The molecule has 168 valence electrons. The van der Waals surface area contributed by atoms with Gasteiger partial charge in [-0.2, -0.15) is 0 Å². The Bertz CT molecular complexity index is 604. The number of allylic oxidation sites excluding steroid dienone is 3. The quantitative estimate of drug-likeness (QED) is 0.265. The number of hydrogen-bond acceptors (Lipinski definition) is 3. The Morgan fingerprint density at radius 1 is 1.10 bits per heavy atom. The van der Waals surface area contributed by atoms with Gasteiger partial charge in [0.1, 0.15) is 6.29 Å². The fraction of sp³-hybridized carbons (Fsp3) is 0.593. The highest BCUT2D eigenvalue weighted by Gasteiger charge is 2.24. The minimum atomic E-state index is 0.250. The zero-order valence-electron chi connectivity index (χ0n) is 19.1. The maximum atomic E-state index is 9.41. The van der Waals surface area contributed by atoms with E-state index in [1.165, 1.54) is 43.2 Å². The standard InChI is InChI=1S/C23H36O2.C4H6O/c1-2-3-4-5-19-6-10-22(11-7-19)23-12-8-20(9-13-23)18-21(14-16-24)15-17-25;1-4(2)3-5/h2-3,6-7,10-11,20-21,23-25H,4-5,8-9,12-18H2,1H3;3H,1H2,2H3/b3-2+;. The summed E-state index contributed by atoms with van der Waals surface area (Å²) in [6.45, 7) is 7.54. The van der Waals surface area contributed by atoms with Crippen LogP contribution in [-0.4, -0.2) is 29.7 Å². The molecule has 1 fully saturated rings. The molecule has 3 nitrogen and oxygen atoms in total. The summed E-state index contributed by atoms with van der Waals surface area (Å²) >= 11 is 0. The van der Waals surface area contributed by atoms with Gasteiger partial charge in [0.2, 0.25) is 0 Å². The number of rotatable bonds is 11. The van der Waals surface area contributed by atoms with E-state index in [0.29, 0.717) is 11.5 Å². The second-order valence-corrected chi connectivity index (χ2v) is 8.66. The second-order valence-electron chi connectivity index (χ2n) is 8.66. The van der Waals surface area contributed by atoms with Crippen molar-refractivity contribution in [1.82, 2.24) is 0 Å². The van der Waals surface area contributed by atoms with Crippen LogP contribution in [-0.2, 0) is 11.2 Å². The first-order valence-electron chi connectivity index (χ1n) is 11.6. The monoisotopic (exact) mass is 414 g/mol. The zero-order valence-corrected chi connectivity index (χ0v) is 19.1. The third-order valence-electron chi connectivity index (χ3n) is 6.08. The lowest BCUT2D eigenvalue weighted by Crippen LogP contribution is -2.18. The first-order valence-corrected chi connectivity index (χ1v) is 11.6. The van der Waals surface area contributed by atoms with Crippen LogP contribution in [0.4, 0.5) is 0 Å². The topological polar surface area (TPSA) is 57.5 Å². The normalized spacial score (nSPS) is 18.8. The third kappa shape index (κ3) is 10.9. The molecule has 0 bridgehead atoms. The van der Waals surface area contributed by atoms with Crippen molar-refractivity contribution >= 4 is 6.29 Å². The lowest BCUT2D eigenvalue weighted by molar-refractivity contribution is -0.104. The van der Waals surface area contributed by atoms with Gasteiger partial charge in [-0.25, -0.2) is 0 Å². The van der Waals surface area contributed by atoms with E-state index in [4.69, 9.17) is 0 Å². The van der Waals surface area contributed by atoms with Crippen molar-refractivity contribution in [2.75, 3.05) is 13.2 Å². The fourth-order valence-electron chi connectivity index (χ4n) is 4.32. The van der Waals surface area contributed by atoms with Crippen LogP contribution >= 0.6 is 0 Å². The van der Waals surface area contributed by atoms with Crippen molar-refractivity contribution in [1.29, 1.82) is 0 Å². The maximum Gasteiger partial charge on any atom is 0.145 e. The van der Waals surface area contributed by atoms with Crippen molar-refractivity contribution in [2.24, 2.45) is 11.8 Å². The molecular formula is C27H42O3. The molecule has 0 spiro atoms. The molecule has 2 rings (SSSR count). The Kier molecular flexibility index (Phi) is 14.1. The van der Waals surface area contributed by atoms with E-state index in [0.717, 1.165) is 43.8 Å². The molecule has 3 heteroatoms. The zero-order chi connectivity index (χ0) is 22.2. The van der Waals surface area contributed by atoms with E-state index < -0.39 is 0 Å². The first-order chi connectivity index (χ1) is 14.5. The molecule has 1 aromatic rings. The Hall–Kier alpha value is -1.71. The predicted molar refractivity (Wildman–Crippen MR) is 127 cm³/mol. The predicted octanol–water partition coefficient (Wildman–Crippen LogP) is 6.00. The number of carbonyl (C=O) groups excluding carboxylic acids is 1. The maximum absolute atomic E-state index is 9.41. The van der Waals surface area contributed by atoms with Gasteiger partial charge in [-0.1, -0.05) is 43.0 Å². The minimum Gasteiger partial charge on any atom is -0.396 e. The highest BCUT2D eigenvalue weighted by Crippen LogP contribution is 2.39. The Morgan fingerprint density at radius 3 is 2.13 bits per heavy atom. The summed E-state index contributed by atoms with van der Waals surface area (Å²) in [5.74, 6) is 1.99. The number of aldehydes is 1. The van der Waals surface area contributed by atoms with Gasteiger partial charge in [0.05, 0.1) is 0 Å². The molecule has 0 saturated heterocycles. The molecule has 1 aliphatic carbocycles. The molecule has 0 aliphatic heterocycles. The van der Waals surface area contributed by atoms with Crippen LogP contribution < -0.4 is 0 Å². The van der Waals surface area contributed by atoms with Crippen molar-refractivity contribution in [2.45, 2.75) is 77.6 Å². The van der Waals surface area contributed by atoms with E-state index >= 15 is 0 Å². The SMILES string of the molecule is C/C=C/CCc1ccc(C2CCC(CC(CCO)CCO)CC2)cc1.C=C(C)C=O.